The van der Waals surface area contributed by atoms with Crippen molar-refractivity contribution in [3.63, 3.8) is 0 Å². The molecule has 0 radical (unpaired) electrons. The van der Waals surface area contributed by atoms with Crippen LogP contribution >= 0.6 is 0 Å². The lowest BCUT2D eigenvalue weighted by atomic mass is 9.65. The first-order valence-electron chi connectivity index (χ1n) is 26.4. The monoisotopic (exact) mass is 1160 g/mol. The Hall–Kier alpha value is -9.88. The minimum absolute atomic E-state index is 0.0613. The van der Waals surface area contributed by atoms with E-state index in [2.05, 4.69) is 4.85 Å². The second-order valence-corrected chi connectivity index (χ2v) is 21.7. The summed E-state index contributed by atoms with van der Waals surface area (Å²) >= 11 is 0. The molecule has 2 aliphatic rings. The van der Waals surface area contributed by atoms with Crippen molar-refractivity contribution in [2.75, 3.05) is 0 Å². The van der Waals surface area contributed by atoms with Crippen molar-refractivity contribution in [2.45, 2.75) is 61.2 Å². The molecule has 0 amide bonds. The Morgan fingerprint density at radius 2 is 0.859 bits per heavy atom. The van der Waals surface area contributed by atoms with Crippen LogP contribution in [0.5, 0.6) is 23.0 Å². The molecule has 0 spiro atoms. The van der Waals surface area contributed by atoms with Crippen molar-refractivity contribution in [1.29, 1.82) is 5.26 Å². The number of alkyl halides is 12. The van der Waals surface area contributed by atoms with Gasteiger partial charge in [-0.1, -0.05) is 97.1 Å². The van der Waals surface area contributed by atoms with Gasteiger partial charge >= 0.3 is 24.7 Å². The van der Waals surface area contributed by atoms with Gasteiger partial charge in [-0.05, 0) is 76.9 Å². The Labute approximate surface area is 470 Å². The largest absolute Gasteiger partial charge is 0.457 e. The van der Waals surface area contributed by atoms with Crippen LogP contribution in [0, 0.1) is 17.9 Å². The number of benzene rings is 9. The molecule has 85 heavy (non-hydrogen) atoms. The molecule has 0 bridgehead atoms. The standard InChI is InChI=1S/C66H33F12N3O4/c1-80-41-26-43-55(60-57(41)62(30-65(73,74)75,31-66(76,77)78)40-17-5-9-21-47(40)85-60)53-38(34-15-11-23-49-51(34)36-13-3-7-19-45(36)83-49)25-37(33-14-10-22-48-50(33)35-12-2-6-18-44(35)82-48)52-54-42(81(43)58(52)53)24-32(27-79)56-59(54)84-46-20-8-4-16-39(46)61(56,28-63(67,68)69)29-64(70,71)72/h2-26H,28-31H2. The molecule has 2 aliphatic heterocycles. The van der Waals surface area contributed by atoms with Crippen molar-refractivity contribution < 1.29 is 71.0 Å². The van der Waals surface area contributed by atoms with Crippen molar-refractivity contribution in [1.82, 2.24) is 4.40 Å². The van der Waals surface area contributed by atoms with Crippen molar-refractivity contribution in [3.05, 3.63) is 191 Å². The molecule has 420 valence electrons. The van der Waals surface area contributed by atoms with E-state index in [4.69, 9.17) is 24.9 Å². The Morgan fingerprint density at radius 1 is 0.447 bits per heavy atom. The van der Waals surface area contributed by atoms with E-state index in [1.807, 2.05) is 6.07 Å². The minimum atomic E-state index is -5.31. The van der Waals surface area contributed by atoms with Crippen LogP contribution < -0.4 is 9.47 Å². The smallest absolute Gasteiger partial charge is 0.390 e. The molecule has 0 atom stereocenters. The summed E-state index contributed by atoms with van der Waals surface area (Å²) in [5, 5.41) is 13.4. The zero-order valence-corrected chi connectivity index (χ0v) is 43.3. The van der Waals surface area contributed by atoms with Crippen LogP contribution in [0.25, 0.3) is 109 Å². The average Bonchev–Trinajstić information content (AvgIpc) is 1.59. The Bertz CT molecular complexity index is 4800. The summed E-state index contributed by atoms with van der Waals surface area (Å²) < 4.78 is 213. The third-order valence-corrected chi connectivity index (χ3v) is 16.8. The number of nitrogens with zero attached hydrogens (tertiary/aromatic N) is 3. The van der Waals surface area contributed by atoms with Gasteiger partial charge in [-0.3, -0.25) is 0 Å². The first kappa shape index (κ1) is 52.0. The normalized spacial score (nSPS) is 14.9. The molecule has 0 unspecified atom stereocenters. The maximum atomic E-state index is 15.5. The Kier molecular flexibility index (Phi) is 10.6. The van der Waals surface area contributed by atoms with Crippen LogP contribution in [0.15, 0.2) is 160 Å². The van der Waals surface area contributed by atoms with Gasteiger partial charge in [-0.15, -0.1) is 0 Å². The summed E-state index contributed by atoms with van der Waals surface area (Å²) in [7, 11) is 0. The molecule has 0 fully saturated rings. The number of halogens is 12. The predicted molar refractivity (Wildman–Crippen MR) is 295 cm³/mol. The summed E-state index contributed by atoms with van der Waals surface area (Å²) in [6.07, 6.45) is -29.7. The van der Waals surface area contributed by atoms with Crippen molar-refractivity contribution in [2.24, 2.45) is 0 Å². The van der Waals surface area contributed by atoms with Crippen molar-refractivity contribution >= 4 is 87.7 Å². The van der Waals surface area contributed by atoms with Crippen LogP contribution in [-0.4, -0.2) is 29.1 Å². The van der Waals surface area contributed by atoms with Gasteiger partial charge in [-0.25, -0.2) is 4.85 Å². The quantitative estimate of drug-likeness (QED) is 0.122. The minimum Gasteiger partial charge on any atom is -0.457 e. The predicted octanol–water partition coefficient (Wildman–Crippen LogP) is 21.0. The highest BCUT2D eigenvalue weighted by molar-refractivity contribution is 6.35. The van der Waals surface area contributed by atoms with E-state index < -0.39 is 106 Å². The molecule has 13 aromatic rings. The van der Waals surface area contributed by atoms with Gasteiger partial charge in [0.1, 0.15) is 45.3 Å². The van der Waals surface area contributed by atoms with E-state index in [9.17, 15) is 5.26 Å². The SMILES string of the molecule is [C-]#[N+]c1cc2c(c3c1C(CC(F)(F)F)(CC(F)(F)F)c1ccccc1O3)c1c(-c3cccc4oc5ccccc5c34)cc(-c3cccc4oc5ccccc5c34)c3c4c5c(c(C#N)cc4n2c31)C(CC(F)(F)F)(CC(F)(F)F)c1ccccc1O5. The number of rotatable bonds is 6. The summed E-state index contributed by atoms with van der Waals surface area (Å²) in [6, 6.07) is 40.0. The Balaban J connectivity index is 1.24. The second-order valence-electron chi connectivity index (χ2n) is 21.7. The average molecular weight is 1160 g/mol. The van der Waals surface area contributed by atoms with Crippen molar-refractivity contribution in [3.8, 4) is 51.3 Å². The highest BCUT2D eigenvalue weighted by Crippen LogP contribution is 2.66. The maximum Gasteiger partial charge on any atom is 0.390 e. The van der Waals surface area contributed by atoms with Gasteiger partial charge < -0.3 is 22.7 Å². The molecule has 7 nitrogen and oxygen atoms in total. The highest BCUT2D eigenvalue weighted by atomic mass is 19.4. The number of hydrogen-bond donors (Lipinski definition) is 0. The molecule has 0 N–H and O–H groups in total. The fourth-order valence-corrected chi connectivity index (χ4v) is 14.2. The molecule has 19 heteroatoms. The number of aromatic nitrogens is 1. The third kappa shape index (κ3) is 7.54. The van der Waals surface area contributed by atoms with Gasteiger partial charge in [-0.2, -0.15) is 57.9 Å². The highest BCUT2D eigenvalue weighted by Gasteiger charge is 2.58. The fraction of sp³-hybridized carbons (Fsp3) is 0.152. The van der Waals surface area contributed by atoms with Gasteiger partial charge in [0.15, 0.2) is 5.69 Å². The lowest BCUT2D eigenvalue weighted by Gasteiger charge is -2.42. The van der Waals surface area contributed by atoms with E-state index >= 15 is 52.7 Å². The Morgan fingerprint density at radius 3 is 1.32 bits per heavy atom. The van der Waals surface area contributed by atoms with Crippen LogP contribution in [0.3, 0.4) is 0 Å². The van der Waals surface area contributed by atoms with Crippen LogP contribution in [-0.2, 0) is 10.8 Å². The van der Waals surface area contributed by atoms with E-state index in [-0.39, 0.29) is 60.7 Å². The number of furan rings is 2. The zero-order valence-electron chi connectivity index (χ0n) is 43.3. The number of nitriles is 1. The number of fused-ring (bicyclic) bond motifs is 18. The summed E-state index contributed by atoms with van der Waals surface area (Å²) in [5.41, 5.74) is -7.26. The number of para-hydroxylation sites is 4. The van der Waals surface area contributed by atoms with E-state index in [0.717, 1.165) is 24.3 Å². The van der Waals surface area contributed by atoms with Gasteiger partial charge in [0.05, 0.1) is 60.3 Å². The first-order valence-corrected chi connectivity index (χ1v) is 26.4. The van der Waals surface area contributed by atoms with E-state index in [1.54, 1.807) is 91.0 Å². The molecular weight excluding hydrogens is 1130 g/mol. The van der Waals surface area contributed by atoms with Crippen LogP contribution in [0.4, 0.5) is 58.4 Å². The molecule has 6 heterocycles. The van der Waals surface area contributed by atoms with Crippen LogP contribution in [0.2, 0.25) is 0 Å². The molecule has 15 rings (SSSR count). The number of ether oxygens (including phenoxy) is 2. The van der Waals surface area contributed by atoms with E-state index in [1.165, 1.54) is 40.8 Å². The lowest BCUT2D eigenvalue weighted by Crippen LogP contribution is -2.41. The van der Waals surface area contributed by atoms with E-state index in [0.29, 0.717) is 55.0 Å². The molecule has 0 saturated carbocycles. The summed E-state index contributed by atoms with van der Waals surface area (Å²) in [5.74, 6) is -1.87. The van der Waals surface area contributed by atoms with Gasteiger partial charge in [0.25, 0.3) is 0 Å². The molecule has 9 aromatic carbocycles. The van der Waals surface area contributed by atoms with Gasteiger partial charge in [0.2, 0.25) is 0 Å². The third-order valence-electron chi connectivity index (χ3n) is 16.8. The molecule has 0 aliphatic carbocycles. The lowest BCUT2D eigenvalue weighted by molar-refractivity contribution is -0.176. The topological polar surface area (TPSA) is 77.3 Å². The summed E-state index contributed by atoms with van der Waals surface area (Å²) in [4.78, 5) is 3.68. The molecule has 4 aromatic heterocycles. The maximum absolute atomic E-state index is 15.5. The zero-order chi connectivity index (χ0) is 59.1. The first-order chi connectivity index (χ1) is 40.5. The fourth-order valence-electron chi connectivity index (χ4n) is 14.2. The summed E-state index contributed by atoms with van der Waals surface area (Å²) in [6.45, 7) is 8.68. The molecule has 0 saturated heterocycles. The van der Waals surface area contributed by atoms with Crippen LogP contribution in [0.1, 0.15) is 53.5 Å². The van der Waals surface area contributed by atoms with Gasteiger partial charge in [0, 0.05) is 76.3 Å². The second kappa shape index (κ2) is 17.4. The molecular formula is C66H33F12N3O4. The number of hydrogen-bond acceptors (Lipinski definition) is 5.